The molecule has 4 unspecified atom stereocenters. The van der Waals surface area contributed by atoms with E-state index in [-0.39, 0.29) is 12.0 Å². The van der Waals surface area contributed by atoms with Gasteiger partial charge in [-0.05, 0) is 13.2 Å². The summed E-state index contributed by atoms with van der Waals surface area (Å²) >= 11 is 0. The fraction of sp³-hybridized carbons (Fsp3) is 0.643. The van der Waals surface area contributed by atoms with Crippen LogP contribution in [-0.2, 0) is 36.3 Å². The first-order valence-corrected chi connectivity index (χ1v) is 17.0. The van der Waals surface area contributed by atoms with Gasteiger partial charge in [-0.2, -0.15) is 8.62 Å². The number of hydrogen-bond donors (Lipinski definition) is 6. The Morgan fingerprint density at radius 1 is 1.22 bits per heavy atom. The van der Waals surface area contributed by atoms with Crippen molar-refractivity contribution in [3.63, 3.8) is 0 Å². The van der Waals surface area contributed by atoms with Gasteiger partial charge in [0.25, 0.3) is 5.56 Å². The first-order valence-electron chi connectivity index (χ1n) is 9.77. The largest absolute Gasteiger partial charge is 0.490 e. The molecule has 0 aliphatic carbocycles. The maximum atomic E-state index is 12.4. The predicted octanol–water partition coefficient (Wildman–Crippen LogP) is 0.455. The molecule has 0 aromatic carbocycles. The molecule has 37 heavy (non-hydrogen) atoms. The number of carbonyl (C=O) groups excluding carboxylic acids is 1. The van der Waals surface area contributed by atoms with Crippen LogP contribution in [0.5, 0.6) is 0 Å². The molecule has 6 N–H and O–H groups in total. The Bertz CT molecular complexity index is 1230. The van der Waals surface area contributed by atoms with Crippen LogP contribution in [0.15, 0.2) is 15.8 Å². The first kappa shape index (κ1) is 32.4. The zero-order valence-corrected chi connectivity index (χ0v) is 23.2. The van der Waals surface area contributed by atoms with Crippen molar-refractivity contribution in [2.75, 3.05) is 18.6 Å². The molecule has 18 nitrogen and oxygen atoms in total. The normalized spacial score (nSPS) is 24.2. The van der Waals surface area contributed by atoms with Crippen LogP contribution in [0.1, 0.15) is 25.0 Å². The molecular weight excluding hydrogens is 609 g/mol. The molecule has 0 amide bonds. The summed E-state index contributed by atoms with van der Waals surface area (Å²) in [6.45, 7) is 0.628. The van der Waals surface area contributed by atoms with Crippen LogP contribution in [0.2, 0.25) is 0 Å². The van der Waals surface area contributed by atoms with Crippen molar-refractivity contribution >= 4 is 51.1 Å². The van der Waals surface area contributed by atoms with Crippen molar-refractivity contribution in [1.82, 2.24) is 9.55 Å². The topological polar surface area (TPSA) is 270 Å². The number of rotatable bonds is 12. The molecule has 2 rings (SSSR count). The van der Waals surface area contributed by atoms with Gasteiger partial charge in [-0.3, -0.25) is 14.3 Å². The van der Waals surface area contributed by atoms with E-state index in [2.05, 4.69) is 13.1 Å². The number of aromatic nitrogens is 2. The lowest BCUT2D eigenvalue weighted by Gasteiger charge is -2.19. The van der Waals surface area contributed by atoms with Crippen LogP contribution in [0.3, 0.4) is 0 Å². The number of nitrogens with one attached hydrogen (secondary N) is 1. The number of aliphatic hydroxyl groups excluding tert-OH is 1. The molecule has 23 heteroatoms. The van der Waals surface area contributed by atoms with Crippen molar-refractivity contribution in [2.45, 2.75) is 37.8 Å². The maximum Gasteiger partial charge on any atom is 0.490 e. The van der Waals surface area contributed by atoms with E-state index in [1.165, 1.54) is 21.6 Å². The number of carbonyl (C=O) groups is 1. The number of ether oxygens (including phenoxy) is 2. The zero-order chi connectivity index (χ0) is 28.2. The van der Waals surface area contributed by atoms with Gasteiger partial charge >= 0.3 is 35.3 Å². The van der Waals surface area contributed by atoms with Gasteiger partial charge in [0.1, 0.15) is 12.2 Å². The minimum absolute atomic E-state index is 0.275. The van der Waals surface area contributed by atoms with Gasteiger partial charge in [-0.25, -0.2) is 27.9 Å². The van der Waals surface area contributed by atoms with Gasteiger partial charge in [0.2, 0.25) is 0 Å². The number of aliphatic hydroxyl groups is 1. The van der Waals surface area contributed by atoms with Crippen LogP contribution in [0.25, 0.3) is 0 Å². The van der Waals surface area contributed by atoms with Crippen LogP contribution >= 0.6 is 45.1 Å². The second-order valence-corrected chi connectivity index (χ2v) is 14.2. The third-order valence-electron chi connectivity index (χ3n) is 4.28. The molecule has 2 heterocycles. The summed E-state index contributed by atoms with van der Waals surface area (Å²) in [5.74, 6) is 0.424. The van der Waals surface area contributed by atoms with Crippen molar-refractivity contribution in [2.24, 2.45) is 0 Å². The second-order valence-electron chi connectivity index (χ2n) is 7.21. The number of phosphoric ester groups is 1. The molecule has 1 fully saturated rings. The molecule has 0 saturated carbocycles. The van der Waals surface area contributed by atoms with E-state index >= 15 is 0 Å². The molecule has 0 spiro atoms. The Hall–Kier alpha value is -0.820. The third-order valence-corrected chi connectivity index (χ3v) is 10.0. The highest BCUT2D eigenvalue weighted by Crippen LogP contribution is 2.66. The summed E-state index contributed by atoms with van der Waals surface area (Å²) in [7, 11) is -14.0. The SMILES string of the molecule is CSSCC(C)OC(=O)n1cc([C@H]2CC(O)[C@@H](COP(=O)(O)OP(=O)(O)OP(=O)(O)O)O2)c(=O)[nH]c1=O. The summed E-state index contributed by atoms with van der Waals surface area (Å²) in [5, 5.41) is 10.2. The standard InChI is InChI=1S/C14H23N2O16P3S2/c1-7(6-37-36-2)29-14(20)16-4-8(12(18)15-13(16)19)10-3-9(17)11(30-10)5-28-34(24,25)32-35(26,27)31-33(21,22)23/h4,7,9-11,17H,3,5-6H2,1-2H3,(H,24,25)(H,26,27)(H,15,18,19)(H2,21,22,23)/t7?,9?,10-,11-/m1/s1. The monoisotopic (exact) mass is 632 g/mol. The summed E-state index contributed by atoms with van der Waals surface area (Å²) < 4.78 is 56.5. The summed E-state index contributed by atoms with van der Waals surface area (Å²) in [6, 6.07) is 0. The third kappa shape index (κ3) is 10.3. The van der Waals surface area contributed by atoms with Crippen LogP contribution in [-0.4, -0.2) is 77.3 Å². The number of H-pyrrole nitrogens is 1. The summed E-state index contributed by atoms with van der Waals surface area (Å²) in [4.78, 5) is 74.5. The van der Waals surface area contributed by atoms with Crippen molar-refractivity contribution in [3.05, 3.63) is 32.6 Å². The maximum absolute atomic E-state index is 12.4. The van der Waals surface area contributed by atoms with Crippen LogP contribution in [0, 0.1) is 0 Å². The Morgan fingerprint density at radius 2 is 1.86 bits per heavy atom. The average Bonchev–Trinajstić information content (AvgIpc) is 3.08. The fourth-order valence-corrected chi connectivity index (χ4v) is 7.24. The van der Waals surface area contributed by atoms with Gasteiger partial charge < -0.3 is 34.2 Å². The van der Waals surface area contributed by atoms with Gasteiger partial charge in [0.15, 0.2) is 0 Å². The average molecular weight is 632 g/mol. The highest BCUT2D eigenvalue weighted by molar-refractivity contribution is 8.76. The molecular formula is C14H23N2O16P3S2. The smallest absolute Gasteiger partial charge is 0.445 e. The van der Waals surface area contributed by atoms with Gasteiger partial charge in [-0.15, -0.1) is 0 Å². The Balaban J connectivity index is 2.10. The second kappa shape index (κ2) is 13.0. The fourth-order valence-electron chi connectivity index (χ4n) is 2.83. The molecule has 0 radical (unpaired) electrons. The predicted molar refractivity (Wildman–Crippen MR) is 127 cm³/mol. The van der Waals surface area contributed by atoms with E-state index in [9.17, 15) is 38.1 Å². The lowest BCUT2D eigenvalue weighted by atomic mass is 10.1. The number of aromatic amines is 1. The lowest BCUT2D eigenvalue weighted by Crippen LogP contribution is -2.37. The molecule has 1 aliphatic rings. The van der Waals surface area contributed by atoms with Gasteiger partial charge in [0, 0.05) is 18.4 Å². The minimum Gasteiger partial charge on any atom is -0.445 e. The first-order chi connectivity index (χ1) is 16.9. The quantitative estimate of drug-likeness (QED) is 0.135. The molecule has 1 aliphatic heterocycles. The number of nitrogens with zero attached hydrogens (tertiary/aromatic N) is 1. The van der Waals surface area contributed by atoms with Crippen molar-refractivity contribution in [1.29, 1.82) is 0 Å². The molecule has 1 aromatic heterocycles. The van der Waals surface area contributed by atoms with Crippen LogP contribution < -0.4 is 11.2 Å². The molecule has 6 atom stereocenters. The highest BCUT2D eigenvalue weighted by atomic mass is 33.1. The molecule has 212 valence electrons. The van der Waals surface area contributed by atoms with Gasteiger partial charge in [-0.1, -0.05) is 21.6 Å². The highest BCUT2D eigenvalue weighted by Gasteiger charge is 2.43. The van der Waals surface area contributed by atoms with E-state index < -0.39 is 71.8 Å². The van der Waals surface area contributed by atoms with E-state index in [1.54, 1.807) is 6.92 Å². The zero-order valence-electron chi connectivity index (χ0n) is 18.8. The van der Waals surface area contributed by atoms with E-state index in [4.69, 9.17) is 24.2 Å². The van der Waals surface area contributed by atoms with E-state index in [1.807, 2.05) is 11.2 Å². The van der Waals surface area contributed by atoms with E-state index in [0.717, 1.165) is 6.20 Å². The van der Waals surface area contributed by atoms with Crippen LogP contribution in [0.4, 0.5) is 4.79 Å². The Morgan fingerprint density at radius 3 is 2.46 bits per heavy atom. The van der Waals surface area contributed by atoms with E-state index in [0.29, 0.717) is 10.3 Å². The lowest BCUT2D eigenvalue weighted by molar-refractivity contribution is -0.0225. The summed E-state index contributed by atoms with van der Waals surface area (Å²) in [5.41, 5.74) is -2.32. The van der Waals surface area contributed by atoms with Gasteiger partial charge in [0.05, 0.1) is 24.4 Å². The molecule has 0 bridgehead atoms. The molecule has 1 aromatic rings. The number of hydrogen-bond acceptors (Lipinski definition) is 14. The number of phosphoric acid groups is 3. The van der Waals surface area contributed by atoms with Crippen molar-refractivity contribution < 1.29 is 65.8 Å². The van der Waals surface area contributed by atoms with Crippen molar-refractivity contribution in [3.8, 4) is 0 Å². The Kier molecular flexibility index (Phi) is 11.4. The Labute approximate surface area is 215 Å². The minimum atomic E-state index is -5.74. The summed E-state index contributed by atoms with van der Waals surface area (Å²) in [6.07, 6.45) is -3.38. The molecule has 1 saturated heterocycles.